The van der Waals surface area contributed by atoms with Gasteiger partial charge < -0.3 is 10.1 Å². The predicted molar refractivity (Wildman–Crippen MR) is 58.1 cm³/mol. The number of carbonyl (C=O) groups is 2. The molecule has 0 fully saturated rings. The fourth-order valence-corrected chi connectivity index (χ4v) is 1.20. The first-order valence-electron chi connectivity index (χ1n) is 5.56. The topological polar surface area (TPSA) is 55.4 Å². The van der Waals surface area contributed by atoms with Crippen molar-refractivity contribution in [3.05, 3.63) is 0 Å². The SMILES string of the molecule is CCCCCC(=O)NC(CC)OC(C)=O. The van der Waals surface area contributed by atoms with Gasteiger partial charge in [-0.2, -0.15) is 0 Å². The van der Waals surface area contributed by atoms with Gasteiger partial charge in [0.05, 0.1) is 0 Å². The van der Waals surface area contributed by atoms with Crippen molar-refractivity contribution in [1.82, 2.24) is 5.32 Å². The fraction of sp³-hybridized carbons (Fsp3) is 0.818. The van der Waals surface area contributed by atoms with Crippen molar-refractivity contribution >= 4 is 11.9 Å². The van der Waals surface area contributed by atoms with Gasteiger partial charge in [0.15, 0.2) is 6.23 Å². The van der Waals surface area contributed by atoms with E-state index >= 15 is 0 Å². The Morgan fingerprint density at radius 2 is 1.93 bits per heavy atom. The van der Waals surface area contributed by atoms with E-state index in [1.165, 1.54) is 6.92 Å². The van der Waals surface area contributed by atoms with Gasteiger partial charge in [0, 0.05) is 19.8 Å². The molecule has 0 bridgehead atoms. The van der Waals surface area contributed by atoms with Crippen LogP contribution in [0.2, 0.25) is 0 Å². The lowest BCUT2D eigenvalue weighted by Gasteiger charge is -2.16. The van der Waals surface area contributed by atoms with Crippen molar-refractivity contribution in [1.29, 1.82) is 0 Å². The van der Waals surface area contributed by atoms with Crippen LogP contribution < -0.4 is 5.32 Å². The summed E-state index contributed by atoms with van der Waals surface area (Å²) >= 11 is 0. The molecule has 1 unspecified atom stereocenters. The molecule has 1 N–H and O–H groups in total. The van der Waals surface area contributed by atoms with Gasteiger partial charge in [-0.3, -0.25) is 9.59 Å². The van der Waals surface area contributed by atoms with Crippen LogP contribution in [0.1, 0.15) is 52.9 Å². The van der Waals surface area contributed by atoms with E-state index in [4.69, 9.17) is 4.74 Å². The Kier molecular flexibility index (Phi) is 7.68. The van der Waals surface area contributed by atoms with Crippen LogP contribution in [0.25, 0.3) is 0 Å². The Bertz CT molecular complexity index is 204. The second-order valence-corrected chi connectivity index (χ2v) is 3.53. The smallest absolute Gasteiger partial charge is 0.304 e. The first kappa shape index (κ1) is 13.9. The molecule has 0 saturated carbocycles. The van der Waals surface area contributed by atoms with Crippen LogP contribution in [0, 0.1) is 0 Å². The number of nitrogens with one attached hydrogen (secondary N) is 1. The molecular weight excluding hydrogens is 194 g/mol. The van der Waals surface area contributed by atoms with Gasteiger partial charge >= 0.3 is 5.97 Å². The fourth-order valence-electron chi connectivity index (χ4n) is 1.20. The molecule has 1 atom stereocenters. The first-order valence-corrected chi connectivity index (χ1v) is 5.56. The zero-order chi connectivity index (χ0) is 11.7. The molecule has 0 saturated heterocycles. The van der Waals surface area contributed by atoms with E-state index in [1.54, 1.807) is 0 Å². The van der Waals surface area contributed by atoms with E-state index in [1.807, 2.05) is 6.92 Å². The van der Waals surface area contributed by atoms with E-state index in [-0.39, 0.29) is 11.9 Å². The Morgan fingerprint density at radius 1 is 1.27 bits per heavy atom. The van der Waals surface area contributed by atoms with Crippen LogP contribution in [0.5, 0.6) is 0 Å². The lowest BCUT2D eigenvalue weighted by Crippen LogP contribution is -2.37. The Morgan fingerprint density at radius 3 is 2.40 bits per heavy atom. The molecule has 4 nitrogen and oxygen atoms in total. The number of rotatable bonds is 7. The number of ether oxygens (including phenoxy) is 1. The summed E-state index contributed by atoms with van der Waals surface area (Å²) in [7, 11) is 0. The minimum Gasteiger partial charge on any atom is -0.442 e. The molecule has 4 heteroatoms. The Balaban J connectivity index is 3.75. The van der Waals surface area contributed by atoms with Crippen LogP contribution in [-0.4, -0.2) is 18.1 Å². The minimum absolute atomic E-state index is 0.0449. The van der Waals surface area contributed by atoms with E-state index in [0.29, 0.717) is 12.8 Å². The van der Waals surface area contributed by atoms with Crippen molar-refractivity contribution in [3.63, 3.8) is 0 Å². The maximum absolute atomic E-state index is 11.4. The molecule has 0 aromatic rings. The highest BCUT2D eigenvalue weighted by Gasteiger charge is 2.11. The molecule has 0 heterocycles. The zero-order valence-corrected chi connectivity index (χ0v) is 9.84. The molecule has 0 aliphatic rings. The summed E-state index contributed by atoms with van der Waals surface area (Å²) < 4.78 is 4.91. The number of carbonyl (C=O) groups excluding carboxylic acids is 2. The third-order valence-electron chi connectivity index (χ3n) is 2.01. The van der Waals surface area contributed by atoms with E-state index in [9.17, 15) is 9.59 Å². The van der Waals surface area contributed by atoms with E-state index in [0.717, 1.165) is 19.3 Å². The van der Waals surface area contributed by atoms with Gasteiger partial charge in [-0.05, 0) is 6.42 Å². The lowest BCUT2D eigenvalue weighted by molar-refractivity contribution is -0.149. The third kappa shape index (κ3) is 7.97. The zero-order valence-electron chi connectivity index (χ0n) is 9.84. The molecule has 0 spiro atoms. The Labute approximate surface area is 91.4 Å². The molecule has 88 valence electrons. The largest absolute Gasteiger partial charge is 0.442 e. The van der Waals surface area contributed by atoms with Crippen molar-refractivity contribution in [2.45, 2.75) is 59.1 Å². The Hall–Kier alpha value is -1.06. The molecule has 0 aliphatic carbocycles. The first-order chi connectivity index (χ1) is 7.10. The summed E-state index contributed by atoms with van der Waals surface area (Å²) in [6, 6.07) is 0. The summed E-state index contributed by atoms with van der Waals surface area (Å²) in [5.41, 5.74) is 0. The highest BCUT2D eigenvalue weighted by Crippen LogP contribution is 2.00. The van der Waals surface area contributed by atoms with Crippen LogP contribution in [0.4, 0.5) is 0 Å². The molecule has 0 radical (unpaired) electrons. The van der Waals surface area contributed by atoms with Gasteiger partial charge in [0.25, 0.3) is 0 Å². The van der Waals surface area contributed by atoms with Crippen LogP contribution in [-0.2, 0) is 14.3 Å². The lowest BCUT2D eigenvalue weighted by atomic mass is 10.2. The van der Waals surface area contributed by atoms with Gasteiger partial charge in [0.1, 0.15) is 0 Å². The number of hydrogen-bond acceptors (Lipinski definition) is 3. The van der Waals surface area contributed by atoms with Crippen LogP contribution in [0.15, 0.2) is 0 Å². The number of esters is 1. The highest BCUT2D eigenvalue weighted by molar-refractivity contribution is 5.76. The van der Waals surface area contributed by atoms with Gasteiger partial charge in [-0.15, -0.1) is 0 Å². The average molecular weight is 215 g/mol. The monoisotopic (exact) mass is 215 g/mol. The van der Waals surface area contributed by atoms with E-state index < -0.39 is 6.23 Å². The van der Waals surface area contributed by atoms with Crippen LogP contribution in [0.3, 0.4) is 0 Å². The summed E-state index contributed by atoms with van der Waals surface area (Å²) in [5.74, 6) is -0.410. The van der Waals surface area contributed by atoms with Crippen LogP contribution >= 0.6 is 0 Å². The van der Waals surface area contributed by atoms with Crippen molar-refractivity contribution in [2.75, 3.05) is 0 Å². The molecule has 1 amide bonds. The molecule has 15 heavy (non-hydrogen) atoms. The maximum Gasteiger partial charge on any atom is 0.304 e. The van der Waals surface area contributed by atoms with Gasteiger partial charge in [0.2, 0.25) is 5.91 Å². The molecule has 0 aromatic heterocycles. The molecule has 0 aliphatic heterocycles. The normalized spacial score (nSPS) is 11.9. The summed E-state index contributed by atoms with van der Waals surface area (Å²) in [6.07, 6.45) is 3.66. The van der Waals surface area contributed by atoms with Gasteiger partial charge in [-0.1, -0.05) is 26.7 Å². The number of hydrogen-bond donors (Lipinski definition) is 1. The summed E-state index contributed by atoms with van der Waals surface area (Å²) in [6.45, 7) is 5.29. The molecule has 0 rings (SSSR count). The summed E-state index contributed by atoms with van der Waals surface area (Å²) in [5, 5.41) is 2.67. The summed E-state index contributed by atoms with van der Waals surface area (Å²) in [4.78, 5) is 22.0. The molecular formula is C11H21NO3. The number of unbranched alkanes of at least 4 members (excludes halogenated alkanes) is 2. The maximum atomic E-state index is 11.4. The van der Waals surface area contributed by atoms with Crippen molar-refractivity contribution in [2.24, 2.45) is 0 Å². The second kappa shape index (κ2) is 8.26. The predicted octanol–water partition coefficient (Wildman–Crippen LogP) is 1.98. The van der Waals surface area contributed by atoms with E-state index in [2.05, 4.69) is 12.2 Å². The minimum atomic E-state index is -0.475. The highest BCUT2D eigenvalue weighted by atomic mass is 16.6. The number of amides is 1. The average Bonchev–Trinajstić information content (AvgIpc) is 2.16. The second-order valence-electron chi connectivity index (χ2n) is 3.53. The third-order valence-corrected chi connectivity index (χ3v) is 2.01. The quantitative estimate of drug-likeness (QED) is 0.401. The molecule has 0 aromatic carbocycles. The standard InChI is InChI=1S/C11H21NO3/c1-4-6-7-8-10(14)12-11(5-2)15-9(3)13/h11H,4-8H2,1-3H3,(H,12,14). The van der Waals surface area contributed by atoms with Crippen molar-refractivity contribution in [3.8, 4) is 0 Å². The van der Waals surface area contributed by atoms with Gasteiger partial charge in [-0.25, -0.2) is 0 Å². The van der Waals surface area contributed by atoms with Crippen molar-refractivity contribution < 1.29 is 14.3 Å².